The Labute approximate surface area is 133 Å². The van der Waals surface area contributed by atoms with Crippen LogP contribution in [0.5, 0.6) is 0 Å². The third-order valence-electron chi connectivity index (χ3n) is 2.67. The van der Waals surface area contributed by atoms with Gasteiger partial charge in [0.15, 0.2) is 0 Å². The molecule has 0 saturated heterocycles. The molecule has 7 nitrogen and oxygen atoms in total. The lowest BCUT2D eigenvalue weighted by molar-refractivity contribution is -0.396. The zero-order valence-electron chi connectivity index (χ0n) is 10.8. The fraction of sp³-hybridized carbons (Fsp3) is 0. The van der Waals surface area contributed by atoms with E-state index in [2.05, 4.69) is 0 Å². The molecule has 0 amide bonds. The Balaban J connectivity index is 2.48. The average Bonchev–Trinajstić information content (AvgIpc) is 2.47. The molecule has 0 unspecified atom stereocenters. The number of hydrogen-bond acceptors (Lipinski definition) is 6. The molecule has 0 aromatic heterocycles. The number of halogens is 1. The molecule has 0 aliphatic heterocycles. The van der Waals surface area contributed by atoms with Crippen molar-refractivity contribution in [3.05, 3.63) is 68.3 Å². The highest BCUT2D eigenvalue weighted by Gasteiger charge is 2.21. The second-order valence-corrected chi connectivity index (χ2v) is 5.47. The molecular weight excluding hydrogens is 332 g/mol. The first-order chi connectivity index (χ1) is 10.4. The van der Waals surface area contributed by atoms with E-state index in [1.807, 2.05) is 0 Å². The predicted molar refractivity (Wildman–Crippen MR) is 80.5 cm³/mol. The smallest absolute Gasteiger partial charge is 0.276 e. The van der Waals surface area contributed by atoms with Gasteiger partial charge in [0.05, 0.1) is 20.8 Å². The number of nitro benzene ring substituents is 2. The molecule has 0 aliphatic carbocycles. The number of rotatable bonds is 5. The standard InChI is InChI=1S/C13H7ClN2O5S/c14-13(17)9-3-1-2-4-11(9)22-12-6-5-8(15(18)19)7-10(12)16(20)21/h1-7H. The van der Waals surface area contributed by atoms with Crippen molar-refractivity contribution in [2.45, 2.75) is 9.79 Å². The summed E-state index contributed by atoms with van der Waals surface area (Å²) >= 11 is 6.42. The van der Waals surface area contributed by atoms with Crippen molar-refractivity contribution in [2.24, 2.45) is 0 Å². The van der Waals surface area contributed by atoms with Crippen LogP contribution in [0.25, 0.3) is 0 Å². The number of non-ortho nitro benzene ring substituents is 1. The van der Waals surface area contributed by atoms with Gasteiger partial charge in [-0.25, -0.2) is 0 Å². The summed E-state index contributed by atoms with van der Waals surface area (Å²) in [7, 11) is 0. The van der Waals surface area contributed by atoms with Crippen LogP contribution in [0.15, 0.2) is 52.3 Å². The molecule has 0 atom stereocenters. The van der Waals surface area contributed by atoms with Gasteiger partial charge in [-0.2, -0.15) is 0 Å². The highest BCUT2D eigenvalue weighted by Crippen LogP contribution is 2.38. The van der Waals surface area contributed by atoms with E-state index in [9.17, 15) is 25.0 Å². The van der Waals surface area contributed by atoms with Gasteiger partial charge in [-0.1, -0.05) is 23.9 Å². The minimum atomic E-state index is -0.711. The second-order valence-electron chi connectivity index (χ2n) is 4.04. The number of carbonyl (C=O) groups is 1. The van der Waals surface area contributed by atoms with E-state index < -0.39 is 20.8 Å². The van der Waals surface area contributed by atoms with Crippen molar-refractivity contribution in [1.29, 1.82) is 0 Å². The Morgan fingerprint density at radius 3 is 2.27 bits per heavy atom. The van der Waals surface area contributed by atoms with Crippen molar-refractivity contribution in [1.82, 2.24) is 0 Å². The molecule has 112 valence electrons. The second kappa shape index (κ2) is 6.54. The summed E-state index contributed by atoms with van der Waals surface area (Å²) < 4.78 is 0. The van der Waals surface area contributed by atoms with E-state index >= 15 is 0 Å². The molecule has 0 radical (unpaired) electrons. The third-order valence-corrected chi connectivity index (χ3v) is 4.01. The molecule has 0 heterocycles. The van der Waals surface area contributed by atoms with Crippen molar-refractivity contribution in [2.75, 3.05) is 0 Å². The molecule has 2 rings (SSSR count). The molecular formula is C13H7ClN2O5S. The molecule has 0 fully saturated rings. The molecule has 0 spiro atoms. The maximum Gasteiger partial charge on any atom is 0.290 e. The van der Waals surface area contributed by atoms with Gasteiger partial charge < -0.3 is 0 Å². The van der Waals surface area contributed by atoms with Gasteiger partial charge in [-0.05, 0) is 29.8 Å². The maximum absolute atomic E-state index is 11.3. The molecule has 22 heavy (non-hydrogen) atoms. The molecule has 2 aromatic rings. The highest BCUT2D eigenvalue weighted by atomic mass is 35.5. The van der Waals surface area contributed by atoms with E-state index in [0.29, 0.717) is 4.90 Å². The zero-order valence-corrected chi connectivity index (χ0v) is 12.3. The summed E-state index contributed by atoms with van der Waals surface area (Å²) in [5.74, 6) is 0. The first kappa shape index (κ1) is 15.9. The Hall–Kier alpha value is -2.45. The van der Waals surface area contributed by atoms with Crippen LogP contribution in [0.1, 0.15) is 10.4 Å². The summed E-state index contributed by atoms with van der Waals surface area (Å²) in [6.07, 6.45) is 0. The van der Waals surface area contributed by atoms with E-state index in [1.54, 1.807) is 18.2 Å². The van der Waals surface area contributed by atoms with E-state index in [-0.39, 0.29) is 16.1 Å². The van der Waals surface area contributed by atoms with Crippen LogP contribution in [0, 0.1) is 20.2 Å². The van der Waals surface area contributed by atoms with Gasteiger partial charge in [-0.3, -0.25) is 25.0 Å². The van der Waals surface area contributed by atoms with Crippen LogP contribution >= 0.6 is 23.4 Å². The number of carbonyl (C=O) groups excluding carboxylic acids is 1. The average molecular weight is 339 g/mol. The van der Waals surface area contributed by atoms with Crippen LogP contribution in [0.4, 0.5) is 11.4 Å². The number of nitro groups is 2. The molecule has 0 bridgehead atoms. The summed E-state index contributed by atoms with van der Waals surface area (Å²) in [5.41, 5.74) is -0.574. The molecule has 2 aromatic carbocycles. The topological polar surface area (TPSA) is 103 Å². The van der Waals surface area contributed by atoms with E-state index in [4.69, 9.17) is 11.6 Å². The molecule has 9 heteroatoms. The summed E-state index contributed by atoms with van der Waals surface area (Å²) in [6, 6.07) is 9.68. The van der Waals surface area contributed by atoms with Crippen LogP contribution < -0.4 is 0 Å². The van der Waals surface area contributed by atoms with Crippen LogP contribution in [-0.4, -0.2) is 15.1 Å². The van der Waals surface area contributed by atoms with Crippen LogP contribution in [0.2, 0.25) is 0 Å². The number of hydrogen-bond donors (Lipinski definition) is 0. The lowest BCUT2D eigenvalue weighted by Crippen LogP contribution is -1.96. The molecule has 0 saturated carbocycles. The molecule has 0 aliphatic rings. The van der Waals surface area contributed by atoms with Gasteiger partial charge in [0.2, 0.25) is 0 Å². The maximum atomic E-state index is 11.3. The lowest BCUT2D eigenvalue weighted by Gasteiger charge is -2.06. The van der Waals surface area contributed by atoms with Gasteiger partial charge in [0.1, 0.15) is 0 Å². The predicted octanol–water partition coefficient (Wildman–Crippen LogP) is 4.03. The van der Waals surface area contributed by atoms with Gasteiger partial charge in [-0.15, -0.1) is 0 Å². The highest BCUT2D eigenvalue weighted by molar-refractivity contribution is 7.99. The number of nitrogens with zero attached hydrogens (tertiary/aromatic N) is 2. The lowest BCUT2D eigenvalue weighted by atomic mass is 10.2. The first-order valence-electron chi connectivity index (χ1n) is 5.79. The largest absolute Gasteiger partial charge is 0.290 e. The van der Waals surface area contributed by atoms with Crippen molar-refractivity contribution in [3.8, 4) is 0 Å². The quantitative estimate of drug-likeness (QED) is 0.463. The third kappa shape index (κ3) is 3.41. The summed E-state index contributed by atoms with van der Waals surface area (Å²) in [4.78, 5) is 32.3. The SMILES string of the molecule is O=C(Cl)c1ccccc1Sc1ccc([N+](=O)[O-])cc1[N+](=O)[O-]. The first-order valence-corrected chi connectivity index (χ1v) is 6.99. The fourth-order valence-electron chi connectivity index (χ4n) is 1.68. The zero-order chi connectivity index (χ0) is 16.3. The Morgan fingerprint density at radius 2 is 1.68 bits per heavy atom. The van der Waals surface area contributed by atoms with Crippen molar-refractivity contribution >= 4 is 40.0 Å². The minimum Gasteiger partial charge on any atom is -0.276 e. The summed E-state index contributed by atoms with van der Waals surface area (Å²) in [5, 5.41) is 21.1. The monoisotopic (exact) mass is 338 g/mol. The molecule has 0 N–H and O–H groups in total. The van der Waals surface area contributed by atoms with Crippen molar-refractivity contribution < 1.29 is 14.6 Å². The van der Waals surface area contributed by atoms with Crippen molar-refractivity contribution in [3.63, 3.8) is 0 Å². The van der Waals surface area contributed by atoms with Gasteiger partial charge in [0, 0.05) is 16.5 Å². The van der Waals surface area contributed by atoms with E-state index in [1.165, 1.54) is 18.2 Å². The van der Waals surface area contributed by atoms with Crippen LogP contribution in [-0.2, 0) is 0 Å². The van der Waals surface area contributed by atoms with Crippen LogP contribution in [0.3, 0.4) is 0 Å². The Kier molecular flexibility index (Phi) is 4.74. The minimum absolute atomic E-state index is 0.181. The van der Waals surface area contributed by atoms with Gasteiger partial charge in [0.25, 0.3) is 16.6 Å². The Bertz CT molecular complexity index is 781. The summed E-state index contributed by atoms with van der Waals surface area (Å²) in [6.45, 7) is 0. The van der Waals surface area contributed by atoms with Gasteiger partial charge >= 0.3 is 0 Å². The number of benzene rings is 2. The van der Waals surface area contributed by atoms with E-state index in [0.717, 1.165) is 17.8 Å². The Morgan fingerprint density at radius 1 is 1.00 bits per heavy atom. The fourth-order valence-corrected chi connectivity index (χ4v) is 2.93. The normalized spacial score (nSPS) is 10.2.